The van der Waals surface area contributed by atoms with Crippen LogP contribution in [-0.2, 0) is 4.79 Å². The molecule has 1 aromatic rings. The highest BCUT2D eigenvalue weighted by Gasteiger charge is 2.26. The highest BCUT2D eigenvalue weighted by Crippen LogP contribution is 2.21. The molecule has 0 radical (unpaired) electrons. The van der Waals surface area contributed by atoms with Gasteiger partial charge in [0.15, 0.2) is 0 Å². The summed E-state index contributed by atoms with van der Waals surface area (Å²) in [4.78, 5) is 28.4. The van der Waals surface area contributed by atoms with Crippen LogP contribution in [0.1, 0.15) is 46.0 Å². The SMILES string of the molecule is CCC(CC)C(=O)N1CCN(c2ccnc(N3CCCCC3)n2)CC1. The highest BCUT2D eigenvalue weighted by atomic mass is 16.2. The topological polar surface area (TPSA) is 52.6 Å². The van der Waals surface area contributed by atoms with Gasteiger partial charge >= 0.3 is 0 Å². The lowest BCUT2D eigenvalue weighted by Gasteiger charge is -2.37. The fourth-order valence-corrected chi connectivity index (χ4v) is 3.81. The predicted octanol–water partition coefficient (Wildman–Crippen LogP) is 2.55. The number of anilines is 2. The van der Waals surface area contributed by atoms with E-state index in [1.165, 1.54) is 19.3 Å². The largest absolute Gasteiger partial charge is 0.353 e. The smallest absolute Gasteiger partial charge is 0.227 e. The summed E-state index contributed by atoms with van der Waals surface area (Å²) in [6, 6.07) is 1.99. The summed E-state index contributed by atoms with van der Waals surface area (Å²) in [5.41, 5.74) is 0. The molecule has 0 unspecified atom stereocenters. The number of rotatable bonds is 5. The molecule has 3 rings (SSSR count). The third kappa shape index (κ3) is 4.22. The van der Waals surface area contributed by atoms with E-state index in [1.807, 2.05) is 17.2 Å². The zero-order valence-corrected chi connectivity index (χ0v) is 15.7. The molecule has 3 heterocycles. The van der Waals surface area contributed by atoms with Crippen LogP contribution in [0.3, 0.4) is 0 Å². The van der Waals surface area contributed by atoms with Gasteiger partial charge in [-0.05, 0) is 38.2 Å². The van der Waals surface area contributed by atoms with Gasteiger partial charge in [-0.15, -0.1) is 0 Å². The molecule has 6 nitrogen and oxygen atoms in total. The monoisotopic (exact) mass is 345 g/mol. The van der Waals surface area contributed by atoms with Gasteiger partial charge in [0.05, 0.1) is 0 Å². The number of carbonyl (C=O) groups excluding carboxylic acids is 1. The molecule has 0 atom stereocenters. The summed E-state index contributed by atoms with van der Waals surface area (Å²) < 4.78 is 0. The van der Waals surface area contributed by atoms with Crippen LogP contribution >= 0.6 is 0 Å². The zero-order chi connectivity index (χ0) is 17.6. The predicted molar refractivity (Wildman–Crippen MR) is 101 cm³/mol. The van der Waals surface area contributed by atoms with E-state index in [4.69, 9.17) is 4.98 Å². The Kier molecular flexibility index (Phi) is 6.10. The van der Waals surface area contributed by atoms with Gasteiger partial charge in [-0.1, -0.05) is 13.8 Å². The van der Waals surface area contributed by atoms with E-state index in [9.17, 15) is 4.79 Å². The molecule has 2 fully saturated rings. The Balaban J connectivity index is 1.60. The normalized spacial score (nSPS) is 18.8. The van der Waals surface area contributed by atoms with Crippen LogP contribution in [0.5, 0.6) is 0 Å². The van der Waals surface area contributed by atoms with Crippen molar-refractivity contribution in [2.45, 2.75) is 46.0 Å². The van der Waals surface area contributed by atoms with Crippen molar-refractivity contribution < 1.29 is 4.79 Å². The summed E-state index contributed by atoms with van der Waals surface area (Å²) >= 11 is 0. The van der Waals surface area contributed by atoms with Gasteiger partial charge in [0.25, 0.3) is 0 Å². The van der Waals surface area contributed by atoms with Crippen molar-refractivity contribution in [3.05, 3.63) is 12.3 Å². The molecule has 0 aliphatic carbocycles. The number of piperidine rings is 1. The number of aromatic nitrogens is 2. The number of hydrogen-bond acceptors (Lipinski definition) is 5. The first-order chi connectivity index (χ1) is 12.2. The van der Waals surface area contributed by atoms with Crippen molar-refractivity contribution in [1.29, 1.82) is 0 Å². The second kappa shape index (κ2) is 8.50. The Bertz CT molecular complexity index is 561. The van der Waals surface area contributed by atoms with Crippen molar-refractivity contribution in [3.63, 3.8) is 0 Å². The molecule has 2 aliphatic heterocycles. The van der Waals surface area contributed by atoms with Gasteiger partial charge in [-0.3, -0.25) is 4.79 Å². The Hall–Kier alpha value is -1.85. The third-order valence-corrected chi connectivity index (χ3v) is 5.52. The van der Waals surface area contributed by atoms with E-state index < -0.39 is 0 Å². The third-order valence-electron chi connectivity index (χ3n) is 5.52. The molecule has 0 spiro atoms. The summed E-state index contributed by atoms with van der Waals surface area (Å²) in [7, 11) is 0. The van der Waals surface area contributed by atoms with Gasteiger partial charge in [0, 0.05) is 51.4 Å². The van der Waals surface area contributed by atoms with E-state index in [1.54, 1.807) is 0 Å². The first-order valence-corrected chi connectivity index (χ1v) is 9.84. The molecule has 0 aromatic carbocycles. The molecule has 138 valence electrons. The van der Waals surface area contributed by atoms with Crippen molar-refractivity contribution in [2.24, 2.45) is 5.92 Å². The average molecular weight is 345 g/mol. The molecule has 6 heteroatoms. The van der Waals surface area contributed by atoms with Crippen LogP contribution in [0.4, 0.5) is 11.8 Å². The van der Waals surface area contributed by atoms with Crippen LogP contribution in [0.15, 0.2) is 12.3 Å². The Morgan fingerprint density at radius 3 is 2.32 bits per heavy atom. The Morgan fingerprint density at radius 1 is 1.00 bits per heavy atom. The van der Waals surface area contributed by atoms with Crippen LogP contribution in [0.25, 0.3) is 0 Å². The van der Waals surface area contributed by atoms with Gasteiger partial charge in [0.2, 0.25) is 11.9 Å². The first kappa shape index (κ1) is 18.0. The van der Waals surface area contributed by atoms with Crippen LogP contribution in [0, 0.1) is 5.92 Å². The lowest BCUT2D eigenvalue weighted by atomic mass is 10.0. The van der Waals surface area contributed by atoms with Crippen molar-refractivity contribution in [3.8, 4) is 0 Å². The molecule has 0 saturated carbocycles. The van der Waals surface area contributed by atoms with Crippen LogP contribution in [-0.4, -0.2) is 60.0 Å². The summed E-state index contributed by atoms with van der Waals surface area (Å²) in [5.74, 6) is 2.34. The first-order valence-electron chi connectivity index (χ1n) is 9.84. The van der Waals surface area contributed by atoms with Crippen LogP contribution < -0.4 is 9.80 Å². The minimum absolute atomic E-state index is 0.177. The van der Waals surface area contributed by atoms with Crippen molar-refractivity contribution in [2.75, 3.05) is 49.1 Å². The molecule has 2 aliphatic rings. The van der Waals surface area contributed by atoms with E-state index >= 15 is 0 Å². The fourth-order valence-electron chi connectivity index (χ4n) is 3.81. The maximum Gasteiger partial charge on any atom is 0.227 e. The van der Waals surface area contributed by atoms with Gasteiger partial charge in [0.1, 0.15) is 5.82 Å². The maximum absolute atomic E-state index is 12.5. The van der Waals surface area contributed by atoms with E-state index in [2.05, 4.69) is 28.6 Å². The molecule has 0 bridgehead atoms. The maximum atomic E-state index is 12.5. The lowest BCUT2D eigenvalue weighted by molar-refractivity contribution is -0.136. The number of hydrogen-bond donors (Lipinski definition) is 0. The molecular weight excluding hydrogens is 314 g/mol. The minimum atomic E-state index is 0.177. The zero-order valence-electron chi connectivity index (χ0n) is 15.7. The van der Waals surface area contributed by atoms with E-state index in [0.717, 1.165) is 63.9 Å². The van der Waals surface area contributed by atoms with Gasteiger partial charge < -0.3 is 14.7 Å². The molecule has 0 N–H and O–H groups in total. The second-order valence-corrected chi connectivity index (χ2v) is 7.09. The molecular formula is C19H31N5O. The number of carbonyl (C=O) groups is 1. The Labute approximate surface area is 151 Å². The summed E-state index contributed by atoms with van der Waals surface area (Å²) in [6.07, 6.45) is 7.49. The number of amides is 1. The standard InChI is InChI=1S/C19H31N5O/c1-3-16(4-2)18(25)23-14-12-22(13-15-23)17-8-9-20-19(21-17)24-10-6-5-7-11-24/h8-9,16H,3-7,10-15H2,1-2H3. The average Bonchev–Trinajstić information content (AvgIpc) is 2.70. The van der Waals surface area contributed by atoms with Crippen molar-refractivity contribution >= 4 is 17.7 Å². The molecule has 2 saturated heterocycles. The van der Waals surface area contributed by atoms with E-state index in [0.29, 0.717) is 5.91 Å². The van der Waals surface area contributed by atoms with Gasteiger partial charge in [-0.25, -0.2) is 4.98 Å². The minimum Gasteiger partial charge on any atom is -0.353 e. The molecule has 25 heavy (non-hydrogen) atoms. The number of nitrogens with zero attached hydrogens (tertiary/aromatic N) is 5. The summed E-state index contributed by atoms with van der Waals surface area (Å²) in [5, 5.41) is 0. The molecule has 1 amide bonds. The summed E-state index contributed by atoms with van der Waals surface area (Å²) in [6.45, 7) is 9.60. The Morgan fingerprint density at radius 2 is 1.68 bits per heavy atom. The van der Waals surface area contributed by atoms with E-state index in [-0.39, 0.29) is 5.92 Å². The second-order valence-electron chi connectivity index (χ2n) is 7.09. The van der Waals surface area contributed by atoms with Crippen molar-refractivity contribution in [1.82, 2.24) is 14.9 Å². The highest BCUT2D eigenvalue weighted by molar-refractivity contribution is 5.79. The van der Waals surface area contributed by atoms with Crippen LogP contribution in [0.2, 0.25) is 0 Å². The molecule has 1 aromatic heterocycles. The lowest BCUT2D eigenvalue weighted by Crippen LogP contribution is -2.50. The number of piperazine rings is 1. The fraction of sp³-hybridized carbons (Fsp3) is 0.737. The quantitative estimate of drug-likeness (QED) is 0.821. The van der Waals surface area contributed by atoms with Gasteiger partial charge in [-0.2, -0.15) is 4.98 Å².